The highest BCUT2D eigenvalue weighted by molar-refractivity contribution is 7.39. The van der Waals surface area contributed by atoms with Crippen molar-refractivity contribution in [1.29, 1.82) is 0 Å². The van der Waals surface area contributed by atoms with Crippen LogP contribution < -0.4 is 11.1 Å². The number of carbonyl (C=O) groups excluding carboxylic acids is 1. The molecule has 1 fully saturated rings. The minimum atomic E-state index is -2.70. The van der Waals surface area contributed by atoms with Crippen LogP contribution >= 0.6 is 8.03 Å². The third-order valence-electron chi connectivity index (χ3n) is 5.24. The molecule has 0 amide bonds. The highest BCUT2D eigenvalue weighted by atomic mass is 31.1. The largest absolute Gasteiger partial charge is 0.462 e. The molecule has 3 heterocycles. The Morgan fingerprint density at radius 2 is 2.18 bits per heavy atom. The van der Waals surface area contributed by atoms with Crippen LogP contribution in [0.4, 0.5) is 5.82 Å². The van der Waals surface area contributed by atoms with Crippen molar-refractivity contribution in [1.82, 2.24) is 24.8 Å². The normalized spacial score (nSPS) is 25.6. The molecule has 0 spiro atoms. The minimum absolute atomic E-state index is 0.135. The number of aliphatic hydroxyl groups excluding tert-OH is 1. The third-order valence-corrected chi connectivity index (χ3v) is 6.54. The van der Waals surface area contributed by atoms with E-state index in [0.717, 1.165) is 0 Å². The van der Waals surface area contributed by atoms with E-state index >= 15 is 0 Å². The number of terminal acetylenes is 1. The van der Waals surface area contributed by atoms with Crippen molar-refractivity contribution in [3.05, 3.63) is 12.7 Å². The van der Waals surface area contributed by atoms with Crippen LogP contribution in [0.25, 0.3) is 11.2 Å². The van der Waals surface area contributed by atoms with Gasteiger partial charge in [-0.1, -0.05) is 5.92 Å². The van der Waals surface area contributed by atoms with E-state index in [4.69, 9.17) is 26.2 Å². The van der Waals surface area contributed by atoms with Gasteiger partial charge in [-0.25, -0.2) is 15.0 Å². The summed E-state index contributed by atoms with van der Waals surface area (Å²) >= 11 is 0. The Morgan fingerprint density at radius 3 is 2.85 bits per heavy atom. The fraction of sp³-hybridized carbons (Fsp3) is 0.600. The van der Waals surface area contributed by atoms with E-state index in [2.05, 4.69) is 26.2 Å². The molecule has 33 heavy (non-hydrogen) atoms. The lowest BCUT2D eigenvalue weighted by atomic mass is 9.99. The zero-order chi connectivity index (χ0) is 24.3. The second-order valence-corrected chi connectivity index (χ2v) is 9.94. The number of hydrogen-bond acceptors (Lipinski definition) is 11. The van der Waals surface area contributed by atoms with Crippen LogP contribution in [0, 0.1) is 12.3 Å². The van der Waals surface area contributed by atoms with Gasteiger partial charge >= 0.3 is 5.97 Å². The molecule has 13 heteroatoms. The monoisotopic (exact) mass is 480 g/mol. The molecule has 1 aliphatic rings. The van der Waals surface area contributed by atoms with E-state index in [-0.39, 0.29) is 24.9 Å². The molecule has 0 bridgehead atoms. The molecule has 3 rings (SSSR count). The number of rotatable bonds is 9. The Morgan fingerprint density at radius 1 is 1.45 bits per heavy atom. The van der Waals surface area contributed by atoms with Gasteiger partial charge in [0.2, 0.25) is 8.03 Å². The van der Waals surface area contributed by atoms with E-state index < -0.39 is 43.8 Å². The van der Waals surface area contributed by atoms with Crippen molar-refractivity contribution in [2.24, 2.45) is 0 Å². The molecule has 0 aromatic carbocycles. The minimum Gasteiger partial charge on any atom is -0.462 e. The maximum absolute atomic E-state index is 12.7. The summed E-state index contributed by atoms with van der Waals surface area (Å²) in [5, 5.41) is 13.6. The molecule has 180 valence electrons. The van der Waals surface area contributed by atoms with Gasteiger partial charge in [-0.3, -0.25) is 19.2 Å². The second-order valence-electron chi connectivity index (χ2n) is 8.14. The van der Waals surface area contributed by atoms with Gasteiger partial charge in [-0.15, -0.1) is 6.42 Å². The summed E-state index contributed by atoms with van der Waals surface area (Å²) in [5.74, 6) is 1.56. The Kier molecular flexibility index (Phi) is 7.72. The number of carbonyl (C=O) groups is 1. The number of nitrogens with one attached hydrogen (secondary N) is 1. The number of nitrogens with two attached hydrogens (primary N) is 1. The lowest BCUT2D eigenvalue weighted by Gasteiger charge is -2.27. The number of fused-ring (bicyclic) bond motifs is 1. The van der Waals surface area contributed by atoms with Crippen molar-refractivity contribution < 1.29 is 28.5 Å². The van der Waals surface area contributed by atoms with Crippen LogP contribution in [0.2, 0.25) is 0 Å². The molecule has 0 aliphatic carbocycles. The Balaban J connectivity index is 1.64. The molecule has 0 radical (unpaired) electrons. The van der Waals surface area contributed by atoms with Crippen LogP contribution in [-0.2, 0) is 23.4 Å². The van der Waals surface area contributed by atoms with Gasteiger partial charge in [0, 0.05) is 6.42 Å². The summed E-state index contributed by atoms with van der Waals surface area (Å²) < 4.78 is 30.9. The summed E-state index contributed by atoms with van der Waals surface area (Å²) in [7, 11) is -2.70. The van der Waals surface area contributed by atoms with Gasteiger partial charge in [0.25, 0.3) is 0 Å². The Bertz CT molecular complexity index is 1070. The molecule has 12 nitrogen and oxygen atoms in total. The lowest BCUT2D eigenvalue weighted by Crippen LogP contribution is -2.43. The fourth-order valence-electron chi connectivity index (χ4n) is 3.45. The maximum Gasteiger partial charge on any atom is 0.323 e. The summed E-state index contributed by atoms with van der Waals surface area (Å²) in [6.45, 7) is 6.42. The summed E-state index contributed by atoms with van der Waals surface area (Å²) in [6.07, 6.45) is 6.56. The number of hydrogen-bond donors (Lipinski definition) is 3. The molecule has 0 saturated carbocycles. The average Bonchev–Trinajstić information content (AvgIpc) is 3.33. The quantitative estimate of drug-likeness (QED) is 0.264. The van der Waals surface area contributed by atoms with Crippen LogP contribution in [0.3, 0.4) is 0 Å². The molecule has 6 atom stereocenters. The number of aromatic nitrogens is 4. The fourth-order valence-corrected chi connectivity index (χ4v) is 4.45. The SMILES string of the molecule is C#C[C@]1(CO[PH](=O)C(C)N[C@@H](C)C(=O)OC(C)C)O[C@@H](n2cnc3c(N)ncnc32)C[C@@H]1O. The van der Waals surface area contributed by atoms with Crippen molar-refractivity contribution >= 4 is 31.0 Å². The molecule has 2 unspecified atom stereocenters. The zero-order valence-corrected chi connectivity index (χ0v) is 19.9. The van der Waals surface area contributed by atoms with E-state index in [1.54, 1.807) is 32.3 Å². The highest BCUT2D eigenvalue weighted by Crippen LogP contribution is 2.40. The molecule has 2 aromatic heterocycles. The van der Waals surface area contributed by atoms with Crippen molar-refractivity contribution in [2.45, 2.75) is 70.0 Å². The number of esters is 1. The van der Waals surface area contributed by atoms with E-state index in [0.29, 0.717) is 11.2 Å². The molecule has 1 saturated heterocycles. The number of ether oxygens (including phenoxy) is 2. The van der Waals surface area contributed by atoms with Crippen LogP contribution in [-0.4, -0.2) is 66.8 Å². The van der Waals surface area contributed by atoms with Crippen molar-refractivity contribution in [2.75, 3.05) is 12.3 Å². The first-order chi connectivity index (χ1) is 15.6. The van der Waals surface area contributed by atoms with Crippen LogP contribution in [0.5, 0.6) is 0 Å². The third kappa shape index (κ3) is 5.34. The van der Waals surface area contributed by atoms with E-state index in [1.807, 2.05) is 0 Å². The Hall–Kier alpha value is -2.55. The number of aliphatic hydroxyl groups is 1. The maximum atomic E-state index is 12.7. The van der Waals surface area contributed by atoms with Gasteiger partial charge in [0.1, 0.15) is 30.2 Å². The van der Waals surface area contributed by atoms with Crippen LogP contribution in [0.15, 0.2) is 12.7 Å². The predicted octanol–water partition coefficient (Wildman–Crippen LogP) is 0.827. The standard InChI is InChI=1S/C20H29N6O6P/c1-6-20(8-30-33(29)13(5)25-12(4)19(28)31-11(2)3)14(27)7-15(32-20)26-10-24-16-17(21)22-9-23-18(16)26/h1,9-15,25,27,33H,7-8H2,2-5H3,(H2,21,22,23)/t12-,13?,14-,15+,20+/m0/s1. The lowest BCUT2D eigenvalue weighted by molar-refractivity contribution is -0.149. The van der Waals surface area contributed by atoms with E-state index in [1.165, 1.54) is 12.7 Å². The molecule has 1 aliphatic heterocycles. The van der Waals surface area contributed by atoms with Gasteiger partial charge < -0.3 is 24.8 Å². The molecular formula is C20H29N6O6P. The first-order valence-electron chi connectivity index (χ1n) is 10.5. The van der Waals surface area contributed by atoms with Crippen molar-refractivity contribution in [3.8, 4) is 12.3 Å². The topological polar surface area (TPSA) is 164 Å². The summed E-state index contributed by atoms with van der Waals surface area (Å²) in [5.41, 5.74) is 5.13. The number of imidazole rings is 1. The number of nitrogens with zero attached hydrogens (tertiary/aromatic N) is 4. The van der Waals surface area contributed by atoms with Crippen LogP contribution in [0.1, 0.15) is 40.3 Å². The van der Waals surface area contributed by atoms with Crippen molar-refractivity contribution in [3.63, 3.8) is 0 Å². The van der Waals surface area contributed by atoms with Gasteiger partial charge in [0.15, 0.2) is 17.1 Å². The zero-order valence-electron chi connectivity index (χ0n) is 18.9. The predicted molar refractivity (Wildman–Crippen MR) is 120 cm³/mol. The van der Waals surface area contributed by atoms with Gasteiger partial charge in [0.05, 0.1) is 24.8 Å². The number of anilines is 1. The molecule has 2 aromatic rings. The van der Waals surface area contributed by atoms with Gasteiger partial charge in [-0.2, -0.15) is 0 Å². The molecular weight excluding hydrogens is 451 g/mol. The first kappa shape index (κ1) is 25.1. The summed E-state index contributed by atoms with van der Waals surface area (Å²) in [6, 6.07) is -0.678. The van der Waals surface area contributed by atoms with E-state index in [9.17, 15) is 14.5 Å². The molecule has 4 N–H and O–H groups in total. The Labute approximate surface area is 192 Å². The average molecular weight is 480 g/mol. The summed E-state index contributed by atoms with van der Waals surface area (Å²) in [4.78, 5) is 24.2. The second kappa shape index (κ2) is 10.2. The first-order valence-corrected chi connectivity index (χ1v) is 11.9. The number of nitrogen functional groups attached to an aromatic ring is 1. The smallest absolute Gasteiger partial charge is 0.323 e. The highest BCUT2D eigenvalue weighted by Gasteiger charge is 2.49. The van der Waals surface area contributed by atoms with Gasteiger partial charge in [-0.05, 0) is 27.7 Å².